The molecule has 6 nitrogen and oxygen atoms in total. The summed E-state index contributed by atoms with van der Waals surface area (Å²) in [5, 5.41) is 14.0. The lowest BCUT2D eigenvalue weighted by atomic mass is 9.89. The van der Waals surface area contributed by atoms with Crippen molar-refractivity contribution >= 4 is 149 Å². The van der Waals surface area contributed by atoms with Crippen LogP contribution in [0.1, 0.15) is 25.0 Å². The van der Waals surface area contributed by atoms with Crippen molar-refractivity contribution in [2.24, 2.45) is 0 Å². The van der Waals surface area contributed by atoms with Crippen LogP contribution in [0.2, 0.25) is 0 Å². The molecule has 0 aliphatic carbocycles. The zero-order valence-electron chi connectivity index (χ0n) is 48.7. The van der Waals surface area contributed by atoms with Crippen molar-refractivity contribution in [2.75, 3.05) is 9.80 Å². The van der Waals surface area contributed by atoms with Crippen molar-refractivity contribution in [2.45, 2.75) is 26.7 Å². The molecule has 0 aliphatic rings. The Morgan fingerprint density at radius 1 is 0.386 bits per heavy atom. The Labute approximate surface area is 506 Å². The van der Waals surface area contributed by atoms with Crippen LogP contribution in [0.3, 0.4) is 0 Å². The van der Waals surface area contributed by atoms with Crippen molar-refractivity contribution in [1.82, 2.24) is 8.80 Å². The van der Waals surface area contributed by atoms with Gasteiger partial charge in [0.2, 0.25) is 0 Å². The van der Waals surface area contributed by atoms with Crippen LogP contribution >= 0.6 is 0 Å². The van der Waals surface area contributed by atoms with Crippen LogP contribution in [0, 0.1) is 0 Å². The number of anilines is 5. The highest BCUT2D eigenvalue weighted by Gasteiger charge is 2.32. The lowest BCUT2D eigenvalue weighted by Gasteiger charge is -2.26. The van der Waals surface area contributed by atoms with Crippen LogP contribution in [0.5, 0.6) is 0 Å². The zero-order chi connectivity index (χ0) is 58.5. The molecule has 6 aromatic heterocycles. The van der Waals surface area contributed by atoms with Gasteiger partial charge in [-0.3, -0.25) is 0 Å². The second-order valence-electron chi connectivity index (χ2n) is 23.3. The molecule has 88 heavy (non-hydrogen) atoms. The van der Waals surface area contributed by atoms with E-state index in [1.165, 1.54) is 82.0 Å². The molecule has 18 rings (SSSR count). The van der Waals surface area contributed by atoms with Gasteiger partial charge in [-0.2, -0.15) is 0 Å². The molecule has 0 spiro atoms. The minimum atomic E-state index is 0.829. The molecule has 0 amide bonds. The highest BCUT2D eigenvalue weighted by molar-refractivity contribution is 6.38. The first-order valence-corrected chi connectivity index (χ1v) is 30.5. The molecule has 0 atom stereocenters. The molecule has 6 heterocycles. The average molecular weight is 1130 g/mol. The monoisotopic (exact) mass is 1130 g/mol. The Morgan fingerprint density at radius 2 is 0.818 bits per heavy atom. The van der Waals surface area contributed by atoms with Gasteiger partial charge in [0.15, 0.2) is 11.2 Å². The van der Waals surface area contributed by atoms with E-state index >= 15 is 0 Å². The van der Waals surface area contributed by atoms with E-state index in [2.05, 4.69) is 282 Å². The van der Waals surface area contributed by atoms with Crippen LogP contribution in [-0.4, -0.2) is 8.80 Å². The summed E-state index contributed by atoms with van der Waals surface area (Å²) >= 11 is 0. The Morgan fingerprint density at radius 3 is 1.33 bits per heavy atom. The van der Waals surface area contributed by atoms with E-state index in [1.807, 2.05) is 18.2 Å². The smallest absolute Gasteiger partial charge is 0.159 e. The van der Waals surface area contributed by atoms with Gasteiger partial charge in [0.25, 0.3) is 0 Å². The highest BCUT2D eigenvalue weighted by Crippen LogP contribution is 2.55. The summed E-state index contributed by atoms with van der Waals surface area (Å²) < 4.78 is 19.1. The number of aryl methyl sites for hydroxylation is 2. The Bertz CT molecular complexity index is 5940. The third kappa shape index (κ3) is 6.82. The maximum absolute atomic E-state index is 6.98. The van der Waals surface area contributed by atoms with E-state index in [4.69, 9.17) is 8.83 Å². The van der Waals surface area contributed by atoms with Crippen LogP contribution in [0.25, 0.3) is 142 Å². The van der Waals surface area contributed by atoms with Gasteiger partial charge in [-0.05, 0) is 108 Å². The van der Waals surface area contributed by atoms with Crippen LogP contribution in [0.15, 0.2) is 283 Å². The van der Waals surface area contributed by atoms with Crippen molar-refractivity contribution in [1.29, 1.82) is 0 Å². The SMILES string of the molecule is C=C/C=C(\C=C)N(c1ccc2c(c1)c1cccc3c4c(-c5ccccc5)c5c(c(-c6ccccc6)c4n2c13)c1cccc2c3cc(N(c4ccccc4)c4cccc6c4oc4c(CC)cccc46)ccc3n5c21)c1cccc2c1oc1c(CC)cccc12. The molecule has 12 aromatic carbocycles. The predicted molar refractivity (Wildman–Crippen MR) is 372 cm³/mol. The predicted octanol–water partition coefficient (Wildman–Crippen LogP) is 23.1. The number of aromatic nitrogens is 2. The fraction of sp³-hybridized carbons (Fsp3) is 0.0488. The average Bonchev–Trinajstić information content (AvgIpc) is 1.50. The minimum Gasteiger partial charge on any atom is -0.454 e. The van der Waals surface area contributed by atoms with Gasteiger partial charge in [0.05, 0.1) is 44.5 Å². The second kappa shape index (κ2) is 19.1. The largest absolute Gasteiger partial charge is 0.454 e. The molecule has 18 aromatic rings. The highest BCUT2D eigenvalue weighted by atomic mass is 16.3. The third-order valence-electron chi connectivity index (χ3n) is 18.8. The maximum atomic E-state index is 6.98. The molecule has 0 unspecified atom stereocenters. The Hall–Kier alpha value is -11.3. The van der Waals surface area contributed by atoms with Crippen molar-refractivity contribution in [3.05, 3.63) is 285 Å². The summed E-state index contributed by atoms with van der Waals surface area (Å²) in [6.07, 6.45) is 7.53. The van der Waals surface area contributed by atoms with Gasteiger partial charge in [-0.25, -0.2) is 0 Å². The number of fused-ring (bicyclic) bond motifs is 18. The van der Waals surface area contributed by atoms with Crippen LogP contribution in [-0.2, 0) is 12.8 Å². The summed E-state index contributed by atoms with van der Waals surface area (Å²) in [5.41, 5.74) is 23.7. The van der Waals surface area contributed by atoms with Crippen molar-refractivity contribution in [3.8, 4) is 22.3 Å². The number of para-hydroxylation sites is 7. The number of hydrogen-bond acceptors (Lipinski definition) is 4. The number of furan rings is 2. The van der Waals surface area contributed by atoms with Crippen LogP contribution < -0.4 is 9.80 Å². The van der Waals surface area contributed by atoms with Gasteiger partial charge in [-0.1, -0.05) is 209 Å². The number of rotatable bonds is 12. The molecular weight excluding hydrogens is 1070 g/mol. The molecule has 416 valence electrons. The van der Waals surface area contributed by atoms with Crippen molar-refractivity contribution in [3.63, 3.8) is 0 Å². The van der Waals surface area contributed by atoms with E-state index in [9.17, 15) is 0 Å². The van der Waals surface area contributed by atoms with Gasteiger partial charge in [0.1, 0.15) is 11.2 Å². The van der Waals surface area contributed by atoms with Gasteiger partial charge in [0, 0.05) is 98.5 Å². The number of nitrogens with zero attached hydrogens (tertiary/aromatic N) is 4. The lowest BCUT2D eigenvalue weighted by molar-refractivity contribution is 0.663. The molecule has 0 radical (unpaired) electrons. The number of allylic oxidation sites excluding steroid dienone is 3. The number of benzene rings is 12. The standard InChI is InChI=1S/C82H56N4O2/c1-5-24-53(8-4)83(69-41-22-37-61-59-35-18-29-49(6-2)79(59)87-81(61)69)55-43-45-67-65(47-55)57-33-20-39-63-73-72(52-27-14-10-15-28-52)78-74(71(51-25-12-9-13-26-51)77(73)85(67)75(57)63)64-40-21-34-58-66-48-56(44-46-68(66)86(78)76(58)64)84(54-31-16-11-17-32-54)70-42-23-38-62-60-36-19-30-50(7-3)80(60)88-82(62)70/h5,8-48H,1,4,6-7H2,2-3H3/b53-24+. The first-order valence-electron chi connectivity index (χ1n) is 30.5. The zero-order valence-corrected chi connectivity index (χ0v) is 48.7. The van der Waals surface area contributed by atoms with Crippen LogP contribution in [0.4, 0.5) is 28.4 Å². The van der Waals surface area contributed by atoms with E-state index in [1.54, 1.807) is 0 Å². The third-order valence-corrected chi connectivity index (χ3v) is 18.8. The Kier molecular flexibility index (Phi) is 10.8. The second-order valence-corrected chi connectivity index (χ2v) is 23.3. The van der Waals surface area contributed by atoms with Gasteiger partial charge < -0.3 is 27.4 Å². The van der Waals surface area contributed by atoms with E-state index < -0.39 is 0 Å². The summed E-state index contributed by atoms with van der Waals surface area (Å²) in [7, 11) is 0. The van der Waals surface area contributed by atoms with Crippen molar-refractivity contribution < 1.29 is 8.83 Å². The summed E-state index contributed by atoms with van der Waals surface area (Å²) in [6, 6.07) is 86.8. The topological polar surface area (TPSA) is 41.6 Å². The van der Waals surface area contributed by atoms with Gasteiger partial charge >= 0.3 is 0 Å². The first kappa shape index (κ1) is 50.0. The van der Waals surface area contributed by atoms with Gasteiger partial charge in [-0.15, -0.1) is 0 Å². The molecule has 0 saturated carbocycles. The molecule has 0 N–H and O–H groups in total. The minimum absolute atomic E-state index is 0.829. The normalized spacial score (nSPS) is 12.5. The fourth-order valence-corrected chi connectivity index (χ4v) is 15.1. The van der Waals surface area contributed by atoms with E-state index in [0.717, 1.165) is 118 Å². The first-order chi connectivity index (χ1) is 43.5. The molecule has 0 fully saturated rings. The molecule has 0 saturated heterocycles. The molecule has 0 bridgehead atoms. The summed E-state index contributed by atoms with van der Waals surface area (Å²) in [4.78, 5) is 4.65. The molecular formula is C82H56N4O2. The fourth-order valence-electron chi connectivity index (χ4n) is 15.1. The summed E-state index contributed by atoms with van der Waals surface area (Å²) in [5.74, 6) is 0. The maximum Gasteiger partial charge on any atom is 0.159 e. The lowest BCUT2D eigenvalue weighted by Crippen LogP contribution is -2.15. The summed E-state index contributed by atoms with van der Waals surface area (Å²) in [6.45, 7) is 12.9. The quantitative estimate of drug-likeness (QED) is 0.114. The van der Waals surface area contributed by atoms with E-state index in [-0.39, 0.29) is 0 Å². The number of hydrogen-bond donors (Lipinski definition) is 0. The van der Waals surface area contributed by atoms with E-state index in [0.29, 0.717) is 0 Å². The Balaban J connectivity index is 0.928. The molecule has 0 aliphatic heterocycles. The molecule has 6 heteroatoms.